The van der Waals surface area contributed by atoms with Crippen molar-refractivity contribution in [2.24, 2.45) is 5.92 Å². The maximum atomic E-state index is 12.4. The van der Waals surface area contributed by atoms with Gasteiger partial charge in [0, 0.05) is 4.90 Å². The number of rotatable bonds is 6. The van der Waals surface area contributed by atoms with Crippen LogP contribution in [0.15, 0.2) is 52.0 Å². The fourth-order valence-corrected chi connectivity index (χ4v) is 3.26. The molecular formula is C17H19NO3S. The van der Waals surface area contributed by atoms with E-state index in [1.54, 1.807) is 24.5 Å². The van der Waals surface area contributed by atoms with E-state index in [0.29, 0.717) is 11.3 Å². The Morgan fingerprint density at radius 2 is 2.14 bits per heavy atom. The molecule has 1 atom stereocenters. The van der Waals surface area contributed by atoms with Crippen LogP contribution in [-0.2, 0) is 5.60 Å². The number of nitrogens with one attached hydrogen (secondary N) is 1. The van der Waals surface area contributed by atoms with Gasteiger partial charge < -0.3 is 14.8 Å². The number of carbonyl (C=O) groups is 1. The van der Waals surface area contributed by atoms with Crippen molar-refractivity contribution in [3.63, 3.8) is 0 Å². The Balaban J connectivity index is 1.74. The zero-order valence-electron chi connectivity index (χ0n) is 12.4. The molecular weight excluding hydrogens is 298 g/mol. The predicted molar refractivity (Wildman–Crippen MR) is 85.9 cm³/mol. The summed E-state index contributed by atoms with van der Waals surface area (Å²) in [6.45, 7) is 0.159. The monoisotopic (exact) mass is 317 g/mol. The van der Waals surface area contributed by atoms with Gasteiger partial charge in [-0.1, -0.05) is 12.1 Å². The fraction of sp³-hybridized carbons (Fsp3) is 0.353. The van der Waals surface area contributed by atoms with Gasteiger partial charge in [-0.3, -0.25) is 4.79 Å². The molecule has 1 aromatic heterocycles. The van der Waals surface area contributed by atoms with Crippen LogP contribution in [-0.4, -0.2) is 23.8 Å². The van der Waals surface area contributed by atoms with E-state index in [-0.39, 0.29) is 18.4 Å². The van der Waals surface area contributed by atoms with Gasteiger partial charge in [0.1, 0.15) is 11.4 Å². The molecule has 5 heteroatoms. The molecule has 0 radical (unpaired) electrons. The summed E-state index contributed by atoms with van der Waals surface area (Å²) in [5.74, 6) is 0.499. The Morgan fingerprint density at radius 3 is 2.77 bits per heavy atom. The number of furan rings is 1. The summed E-state index contributed by atoms with van der Waals surface area (Å²) in [4.78, 5) is 13.3. The molecule has 3 rings (SSSR count). The van der Waals surface area contributed by atoms with Crippen LogP contribution in [0.4, 0.5) is 0 Å². The van der Waals surface area contributed by atoms with Crippen molar-refractivity contribution in [2.75, 3.05) is 12.8 Å². The quantitative estimate of drug-likeness (QED) is 0.804. The summed E-state index contributed by atoms with van der Waals surface area (Å²) in [7, 11) is 0. The van der Waals surface area contributed by atoms with Gasteiger partial charge in [-0.15, -0.1) is 11.8 Å². The predicted octanol–water partition coefficient (Wildman–Crippen LogP) is 3.03. The molecule has 0 saturated heterocycles. The van der Waals surface area contributed by atoms with E-state index in [2.05, 4.69) is 5.32 Å². The molecule has 2 aromatic rings. The second-order valence-electron chi connectivity index (χ2n) is 5.56. The van der Waals surface area contributed by atoms with Crippen LogP contribution >= 0.6 is 11.8 Å². The molecule has 2 N–H and O–H groups in total. The summed E-state index contributed by atoms with van der Waals surface area (Å²) in [5.41, 5.74) is -0.486. The summed E-state index contributed by atoms with van der Waals surface area (Å²) in [6.07, 6.45) is 5.39. The standard InChI is InChI=1S/C17H19NO3S/c1-22-14-6-3-2-5-13(14)16(19)18-11-17(20,12-8-9-12)15-7-4-10-21-15/h2-7,10,12,20H,8-9,11H2,1H3,(H,18,19)/t17-/m0/s1. The van der Waals surface area contributed by atoms with Gasteiger partial charge in [0.05, 0.1) is 18.4 Å². The Morgan fingerprint density at radius 1 is 1.36 bits per heavy atom. The van der Waals surface area contributed by atoms with Crippen LogP contribution < -0.4 is 5.32 Å². The zero-order valence-corrected chi connectivity index (χ0v) is 13.2. The number of hydrogen-bond acceptors (Lipinski definition) is 4. The third-order valence-corrected chi connectivity index (χ3v) is 4.87. The third-order valence-electron chi connectivity index (χ3n) is 4.07. The minimum atomic E-state index is -1.12. The largest absolute Gasteiger partial charge is 0.466 e. The topological polar surface area (TPSA) is 62.5 Å². The summed E-state index contributed by atoms with van der Waals surface area (Å²) < 4.78 is 5.38. The summed E-state index contributed by atoms with van der Waals surface area (Å²) >= 11 is 1.53. The second kappa shape index (κ2) is 6.18. The molecule has 4 nitrogen and oxygen atoms in total. The number of carbonyl (C=O) groups excluding carboxylic acids is 1. The molecule has 22 heavy (non-hydrogen) atoms. The van der Waals surface area contributed by atoms with E-state index in [9.17, 15) is 9.90 Å². The maximum Gasteiger partial charge on any atom is 0.252 e. The van der Waals surface area contributed by atoms with Crippen LogP contribution in [0.3, 0.4) is 0 Å². The molecule has 0 unspecified atom stereocenters. The number of aliphatic hydroxyl groups is 1. The van der Waals surface area contributed by atoms with Crippen LogP contribution in [0.2, 0.25) is 0 Å². The average Bonchev–Trinajstić information content (AvgIpc) is 3.27. The molecule has 1 aliphatic carbocycles. The van der Waals surface area contributed by atoms with Crippen molar-refractivity contribution >= 4 is 17.7 Å². The van der Waals surface area contributed by atoms with E-state index >= 15 is 0 Å². The van der Waals surface area contributed by atoms with Gasteiger partial charge in [0.15, 0.2) is 0 Å². The van der Waals surface area contributed by atoms with Crippen molar-refractivity contribution in [3.05, 3.63) is 54.0 Å². The SMILES string of the molecule is CSc1ccccc1C(=O)NC[C@@](O)(c1ccco1)C1CC1. The first-order valence-electron chi connectivity index (χ1n) is 7.32. The normalized spacial score (nSPS) is 17.0. The summed E-state index contributed by atoms with van der Waals surface area (Å²) in [5, 5.41) is 13.8. The number of thioether (sulfide) groups is 1. The third kappa shape index (κ3) is 2.91. The molecule has 1 aliphatic rings. The maximum absolute atomic E-state index is 12.4. The van der Waals surface area contributed by atoms with Crippen LogP contribution in [0.5, 0.6) is 0 Å². The minimum absolute atomic E-state index is 0.148. The Bertz CT molecular complexity index is 652. The molecule has 0 bridgehead atoms. The van der Waals surface area contributed by atoms with Crippen molar-refractivity contribution < 1.29 is 14.3 Å². The highest BCUT2D eigenvalue weighted by Gasteiger charge is 2.47. The van der Waals surface area contributed by atoms with E-state index in [4.69, 9.17) is 4.42 Å². The highest BCUT2D eigenvalue weighted by Crippen LogP contribution is 2.45. The smallest absolute Gasteiger partial charge is 0.252 e. The first-order valence-corrected chi connectivity index (χ1v) is 8.55. The molecule has 116 valence electrons. The highest BCUT2D eigenvalue weighted by atomic mass is 32.2. The Kier molecular flexibility index (Phi) is 4.27. The van der Waals surface area contributed by atoms with Crippen molar-refractivity contribution in [2.45, 2.75) is 23.3 Å². The van der Waals surface area contributed by atoms with E-state index in [0.717, 1.165) is 17.7 Å². The number of hydrogen-bond donors (Lipinski definition) is 2. The average molecular weight is 317 g/mol. The number of amides is 1. The van der Waals surface area contributed by atoms with Gasteiger partial charge in [-0.2, -0.15) is 0 Å². The first kappa shape index (κ1) is 15.2. The molecule has 1 saturated carbocycles. The van der Waals surface area contributed by atoms with Gasteiger partial charge in [0.2, 0.25) is 0 Å². The van der Waals surface area contributed by atoms with E-state index in [1.807, 2.05) is 24.5 Å². The van der Waals surface area contributed by atoms with Gasteiger partial charge in [-0.05, 0) is 49.3 Å². The summed E-state index contributed by atoms with van der Waals surface area (Å²) in [6, 6.07) is 11.0. The molecule has 1 aromatic carbocycles. The Labute approximate surface area is 133 Å². The molecule has 0 spiro atoms. The van der Waals surface area contributed by atoms with E-state index < -0.39 is 5.60 Å². The highest BCUT2D eigenvalue weighted by molar-refractivity contribution is 7.98. The lowest BCUT2D eigenvalue weighted by Gasteiger charge is -2.26. The van der Waals surface area contributed by atoms with Gasteiger partial charge in [-0.25, -0.2) is 0 Å². The van der Waals surface area contributed by atoms with Gasteiger partial charge >= 0.3 is 0 Å². The molecule has 0 aliphatic heterocycles. The Hall–Kier alpha value is -1.72. The second-order valence-corrected chi connectivity index (χ2v) is 6.41. The number of benzene rings is 1. The zero-order chi connectivity index (χ0) is 15.6. The van der Waals surface area contributed by atoms with E-state index in [1.165, 1.54) is 11.8 Å². The van der Waals surface area contributed by atoms with Crippen LogP contribution in [0, 0.1) is 5.92 Å². The lowest BCUT2D eigenvalue weighted by molar-refractivity contribution is -0.00613. The molecule has 1 heterocycles. The lowest BCUT2D eigenvalue weighted by atomic mass is 9.94. The van der Waals surface area contributed by atoms with Crippen LogP contribution in [0.1, 0.15) is 29.0 Å². The minimum Gasteiger partial charge on any atom is -0.466 e. The van der Waals surface area contributed by atoms with Crippen molar-refractivity contribution in [3.8, 4) is 0 Å². The van der Waals surface area contributed by atoms with Gasteiger partial charge in [0.25, 0.3) is 5.91 Å². The lowest BCUT2D eigenvalue weighted by Crippen LogP contribution is -2.42. The molecule has 1 amide bonds. The first-order chi connectivity index (χ1) is 10.6. The van der Waals surface area contributed by atoms with Crippen LogP contribution in [0.25, 0.3) is 0 Å². The molecule has 1 fully saturated rings. The fourth-order valence-electron chi connectivity index (χ4n) is 2.66. The van der Waals surface area contributed by atoms with Crippen molar-refractivity contribution in [1.82, 2.24) is 5.32 Å². The van der Waals surface area contributed by atoms with Crippen molar-refractivity contribution in [1.29, 1.82) is 0 Å².